The van der Waals surface area contributed by atoms with Gasteiger partial charge in [0, 0.05) is 25.4 Å². The van der Waals surface area contributed by atoms with Crippen LogP contribution in [0.3, 0.4) is 0 Å². The fourth-order valence-corrected chi connectivity index (χ4v) is 2.56. The number of nitrogens with one attached hydrogen (secondary N) is 1. The first-order chi connectivity index (χ1) is 10.2. The normalized spacial score (nSPS) is 10.7. The van der Waals surface area contributed by atoms with Crippen molar-refractivity contribution < 1.29 is 0 Å². The number of benzene rings is 1. The quantitative estimate of drug-likeness (QED) is 0.722. The number of fused-ring (bicyclic) bond motifs is 1. The molecule has 3 rings (SSSR count). The summed E-state index contributed by atoms with van der Waals surface area (Å²) in [4.78, 5) is 8.97. The van der Waals surface area contributed by atoms with Crippen molar-refractivity contribution in [3.63, 3.8) is 0 Å². The van der Waals surface area contributed by atoms with Gasteiger partial charge in [-0.25, -0.2) is 9.97 Å². The van der Waals surface area contributed by atoms with Gasteiger partial charge in [0.2, 0.25) is 0 Å². The Morgan fingerprint density at radius 3 is 2.71 bits per heavy atom. The SMILES string of the molecule is CNc1ncnc2c1c(C(N)=S)cn2Cc1ccccc1. The molecule has 21 heavy (non-hydrogen) atoms. The summed E-state index contributed by atoms with van der Waals surface area (Å²) in [6, 6.07) is 10.2. The summed E-state index contributed by atoms with van der Waals surface area (Å²) in [5.41, 5.74) is 8.65. The molecule has 6 heteroatoms. The second kappa shape index (κ2) is 5.49. The number of nitrogens with two attached hydrogens (primary N) is 1. The topological polar surface area (TPSA) is 68.8 Å². The van der Waals surface area contributed by atoms with E-state index in [1.165, 1.54) is 5.56 Å². The monoisotopic (exact) mass is 297 g/mol. The minimum Gasteiger partial charge on any atom is -0.389 e. The summed E-state index contributed by atoms with van der Waals surface area (Å²) in [5, 5.41) is 3.93. The number of anilines is 1. The van der Waals surface area contributed by atoms with Crippen molar-refractivity contribution in [3.8, 4) is 0 Å². The lowest BCUT2D eigenvalue weighted by molar-refractivity contribution is 0.823. The van der Waals surface area contributed by atoms with E-state index in [0.717, 1.165) is 22.4 Å². The van der Waals surface area contributed by atoms with E-state index in [1.807, 2.05) is 36.0 Å². The highest BCUT2D eigenvalue weighted by Crippen LogP contribution is 2.26. The zero-order chi connectivity index (χ0) is 14.8. The number of aromatic nitrogens is 3. The molecule has 0 aliphatic carbocycles. The van der Waals surface area contributed by atoms with E-state index >= 15 is 0 Å². The Hall–Kier alpha value is -2.47. The molecule has 106 valence electrons. The van der Waals surface area contributed by atoms with Crippen LogP contribution in [0.4, 0.5) is 5.82 Å². The van der Waals surface area contributed by atoms with Crippen molar-refractivity contribution in [3.05, 3.63) is 54.0 Å². The van der Waals surface area contributed by atoms with Crippen LogP contribution in [-0.4, -0.2) is 26.6 Å². The van der Waals surface area contributed by atoms with E-state index in [1.54, 1.807) is 6.33 Å². The van der Waals surface area contributed by atoms with Crippen molar-refractivity contribution >= 4 is 34.1 Å². The number of thiocarbonyl (C=S) groups is 1. The second-order valence-electron chi connectivity index (χ2n) is 4.69. The first kappa shape index (κ1) is 13.5. The Balaban J connectivity index is 2.18. The molecule has 5 nitrogen and oxygen atoms in total. The lowest BCUT2D eigenvalue weighted by Crippen LogP contribution is -2.09. The van der Waals surface area contributed by atoms with Crippen LogP contribution < -0.4 is 11.1 Å². The van der Waals surface area contributed by atoms with Crippen molar-refractivity contribution in [2.24, 2.45) is 5.73 Å². The summed E-state index contributed by atoms with van der Waals surface area (Å²) < 4.78 is 2.04. The summed E-state index contributed by atoms with van der Waals surface area (Å²) in [7, 11) is 1.82. The smallest absolute Gasteiger partial charge is 0.146 e. The Labute approximate surface area is 127 Å². The van der Waals surface area contributed by atoms with Crippen LogP contribution in [0, 0.1) is 0 Å². The van der Waals surface area contributed by atoms with Gasteiger partial charge >= 0.3 is 0 Å². The zero-order valence-corrected chi connectivity index (χ0v) is 12.4. The Morgan fingerprint density at radius 1 is 1.29 bits per heavy atom. The Kier molecular flexibility index (Phi) is 3.53. The average molecular weight is 297 g/mol. The minimum atomic E-state index is 0.345. The van der Waals surface area contributed by atoms with Crippen LogP contribution in [0.2, 0.25) is 0 Å². The van der Waals surface area contributed by atoms with Crippen LogP contribution in [0.5, 0.6) is 0 Å². The third kappa shape index (κ3) is 2.45. The lowest BCUT2D eigenvalue weighted by atomic mass is 10.2. The molecule has 0 radical (unpaired) electrons. The Morgan fingerprint density at radius 2 is 2.05 bits per heavy atom. The molecule has 2 heterocycles. The van der Waals surface area contributed by atoms with Gasteiger partial charge in [-0.15, -0.1) is 0 Å². The number of hydrogen-bond acceptors (Lipinski definition) is 4. The fourth-order valence-electron chi connectivity index (χ4n) is 2.40. The maximum atomic E-state index is 5.84. The molecule has 0 atom stereocenters. The molecule has 0 aliphatic heterocycles. The van der Waals surface area contributed by atoms with E-state index in [9.17, 15) is 0 Å². The van der Waals surface area contributed by atoms with Crippen molar-refractivity contribution in [1.82, 2.24) is 14.5 Å². The number of hydrogen-bond donors (Lipinski definition) is 2. The molecule has 0 saturated carbocycles. The van der Waals surface area contributed by atoms with Gasteiger partial charge in [0.15, 0.2) is 0 Å². The van der Waals surface area contributed by atoms with Gasteiger partial charge < -0.3 is 15.6 Å². The van der Waals surface area contributed by atoms with E-state index in [-0.39, 0.29) is 0 Å². The maximum Gasteiger partial charge on any atom is 0.146 e. The maximum absolute atomic E-state index is 5.84. The van der Waals surface area contributed by atoms with Crippen LogP contribution in [0.25, 0.3) is 11.0 Å². The van der Waals surface area contributed by atoms with E-state index in [2.05, 4.69) is 27.4 Å². The average Bonchev–Trinajstić information content (AvgIpc) is 2.87. The molecular weight excluding hydrogens is 282 g/mol. The van der Waals surface area contributed by atoms with Gasteiger partial charge in [0.05, 0.1) is 5.39 Å². The van der Waals surface area contributed by atoms with Crippen LogP contribution in [-0.2, 0) is 6.54 Å². The number of nitrogens with zero attached hydrogens (tertiary/aromatic N) is 3. The highest BCUT2D eigenvalue weighted by atomic mass is 32.1. The molecule has 0 bridgehead atoms. The second-order valence-corrected chi connectivity index (χ2v) is 5.13. The summed E-state index contributed by atoms with van der Waals surface area (Å²) in [6.07, 6.45) is 3.48. The van der Waals surface area contributed by atoms with Gasteiger partial charge in [-0.2, -0.15) is 0 Å². The van der Waals surface area contributed by atoms with E-state index < -0.39 is 0 Å². The highest BCUT2D eigenvalue weighted by Gasteiger charge is 2.16. The zero-order valence-electron chi connectivity index (χ0n) is 11.6. The predicted octanol–water partition coefficient (Wildman–Crippen LogP) is 2.16. The molecule has 1 aromatic carbocycles. The van der Waals surface area contributed by atoms with Gasteiger partial charge in [-0.05, 0) is 5.56 Å². The van der Waals surface area contributed by atoms with Crippen molar-refractivity contribution in [2.75, 3.05) is 12.4 Å². The molecule has 2 aromatic heterocycles. The molecule has 0 unspecified atom stereocenters. The van der Waals surface area contributed by atoms with Crippen molar-refractivity contribution in [2.45, 2.75) is 6.54 Å². The molecule has 3 aromatic rings. The molecule has 0 spiro atoms. The first-order valence-electron chi connectivity index (χ1n) is 6.56. The third-order valence-electron chi connectivity index (χ3n) is 3.35. The van der Waals surface area contributed by atoms with E-state index in [4.69, 9.17) is 18.0 Å². The minimum absolute atomic E-state index is 0.345. The molecule has 3 N–H and O–H groups in total. The molecular formula is C15H15N5S. The standard InChI is InChI=1S/C15H15N5S/c1-17-14-12-11(13(16)21)8-20(15(12)19-9-18-14)7-10-5-3-2-4-6-10/h2-6,8-9H,7H2,1H3,(H2,16,21)(H,17,18,19). The molecule has 0 aliphatic rings. The first-order valence-corrected chi connectivity index (χ1v) is 6.97. The van der Waals surface area contributed by atoms with Gasteiger partial charge in [-0.1, -0.05) is 42.5 Å². The molecule has 0 fully saturated rings. The highest BCUT2D eigenvalue weighted by molar-refractivity contribution is 7.80. The predicted molar refractivity (Wildman–Crippen MR) is 88.5 cm³/mol. The Bertz CT molecular complexity index is 794. The third-order valence-corrected chi connectivity index (χ3v) is 3.57. The van der Waals surface area contributed by atoms with Crippen LogP contribution in [0.15, 0.2) is 42.9 Å². The fraction of sp³-hybridized carbons (Fsp3) is 0.133. The largest absolute Gasteiger partial charge is 0.389 e. The van der Waals surface area contributed by atoms with Crippen LogP contribution in [0.1, 0.15) is 11.1 Å². The lowest BCUT2D eigenvalue weighted by Gasteiger charge is -2.05. The van der Waals surface area contributed by atoms with E-state index in [0.29, 0.717) is 11.5 Å². The summed E-state index contributed by atoms with van der Waals surface area (Å²) in [5.74, 6) is 0.731. The molecule has 0 amide bonds. The molecule has 0 saturated heterocycles. The number of rotatable bonds is 4. The summed E-state index contributed by atoms with van der Waals surface area (Å²) >= 11 is 5.16. The van der Waals surface area contributed by atoms with Gasteiger partial charge in [0.1, 0.15) is 22.8 Å². The summed E-state index contributed by atoms with van der Waals surface area (Å²) in [6.45, 7) is 0.708. The van der Waals surface area contributed by atoms with Crippen LogP contribution >= 0.6 is 12.2 Å². The van der Waals surface area contributed by atoms with Crippen molar-refractivity contribution in [1.29, 1.82) is 0 Å². The van der Waals surface area contributed by atoms with Gasteiger partial charge in [-0.3, -0.25) is 0 Å². The van der Waals surface area contributed by atoms with Gasteiger partial charge in [0.25, 0.3) is 0 Å².